The van der Waals surface area contributed by atoms with E-state index in [-0.39, 0.29) is 5.56 Å². The summed E-state index contributed by atoms with van der Waals surface area (Å²) in [6, 6.07) is 16.9. The Balaban J connectivity index is 1.84. The second-order valence-corrected chi connectivity index (χ2v) is 5.78. The molecular weight excluding hydrogens is 329 g/mol. The van der Waals surface area contributed by atoms with Crippen molar-refractivity contribution in [1.82, 2.24) is 9.55 Å². The Labute approximate surface area is 148 Å². The van der Waals surface area contributed by atoms with Crippen molar-refractivity contribution in [1.29, 1.82) is 5.26 Å². The van der Waals surface area contributed by atoms with Crippen molar-refractivity contribution in [2.75, 3.05) is 0 Å². The number of hydrogen-bond acceptors (Lipinski definition) is 3. The molecule has 0 amide bonds. The number of nitrogens with zero attached hydrogens (tertiary/aromatic N) is 3. The van der Waals surface area contributed by atoms with Gasteiger partial charge in [0.15, 0.2) is 0 Å². The number of carbonyl (C=O) groups is 1. The Morgan fingerprint density at radius 1 is 1.04 bits per heavy atom. The molecule has 2 aromatic carbocycles. The molecule has 26 heavy (non-hydrogen) atoms. The van der Waals surface area contributed by atoms with Gasteiger partial charge in [0.2, 0.25) is 0 Å². The maximum Gasteiger partial charge on any atom is 0.265 e. The molecule has 2 heterocycles. The van der Waals surface area contributed by atoms with E-state index < -0.39 is 11.7 Å². The fraction of sp³-hybridized carbons (Fsp3) is 0. The summed E-state index contributed by atoms with van der Waals surface area (Å²) in [6.45, 7) is 0. The first-order chi connectivity index (χ1) is 12.7. The lowest BCUT2D eigenvalue weighted by Crippen LogP contribution is -2.12. The van der Waals surface area contributed by atoms with Crippen molar-refractivity contribution in [2.45, 2.75) is 0 Å². The van der Waals surface area contributed by atoms with Crippen molar-refractivity contribution in [3.05, 3.63) is 90.1 Å². The summed E-state index contributed by atoms with van der Waals surface area (Å²) in [5.41, 5.74) is 2.90. The number of rotatable bonds is 2. The minimum atomic E-state index is -0.560. The molecule has 5 heteroatoms. The predicted molar refractivity (Wildman–Crippen MR) is 96.0 cm³/mol. The minimum Gasteiger partial charge on any atom is -0.281 e. The van der Waals surface area contributed by atoms with E-state index in [2.05, 4.69) is 11.1 Å². The Morgan fingerprint density at radius 2 is 1.81 bits per heavy atom. The molecule has 0 saturated carbocycles. The molecule has 0 atom stereocenters. The molecule has 4 aromatic rings. The van der Waals surface area contributed by atoms with Gasteiger partial charge in [-0.1, -0.05) is 24.3 Å². The number of aromatic nitrogens is 2. The summed E-state index contributed by atoms with van der Waals surface area (Å²) < 4.78 is 15.4. The molecule has 0 aliphatic carbocycles. The maximum absolute atomic E-state index is 14.0. The molecule has 4 rings (SSSR count). The highest BCUT2D eigenvalue weighted by molar-refractivity contribution is 6.05. The Bertz CT molecular complexity index is 1170. The number of fused-ring (bicyclic) bond motifs is 1. The summed E-state index contributed by atoms with van der Waals surface area (Å²) in [4.78, 5) is 17.0. The summed E-state index contributed by atoms with van der Waals surface area (Å²) in [5.74, 6) is -1.01. The van der Waals surface area contributed by atoms with Crippen LogP contribution in [-0.4, -0.2) is 15.5 Å². The van der Waals surface area contributed by atoms with E-state index in [1.165, 1.54) is 16.7 Å². The standard InChI is InChI=1S/C21H12FN3O/c22-19-4-2-1-3-17(19)21(26)25-10-9-16-18(12-24-13-20(16)25)15-7-5-14(11-23)6-8-15/h1-10,12-13H. The van der Waals surface area contributed by atoms with E-state index in [4.69, 9.17) is 5.26 Å². The topological polar surface area (TPSA) is 58.7 Å². The summed E-state index contributed by atoms with van der Waals surface area (Å²) in [6.07, 6.45) is 4.91. The molecule has 0 bridgehead atoms. The van der Waals surface area contributed by atoms with Gasteiger partial charge in [0, 0.05) is 23.3 Å². The highest BCUT2D eigenvalue weighted by Gasteiger charge is 2.17. The molecule has 0 saturated heterocycles. The van der Waals surface area contributed by atoms with Crippen molar-refractivity contribution < 1.29 is 9.18 Å². The van der Waals surface area contributed by atoms with Gasteiger partial charge in [0.25, 0.3) is 5.91 Å². The molecule has 124 valence electrons. The first-order valence-electron chi connectivity index (χ1n) is 7.94. The normalized spacial score (nSPS) is 10.6. The summed E-state index contributed by atoms with van der Waals surface area (Å²) in [5, 5.41) is 9.76. The van der Waals surface area contributed by atoms with E-state index in [0.29, 0.717) is 11.1 Å². The van der Waals surface area contributed by atoms with Gasteiger partial charge in [-0.25, -0.2) is 4.39 Å². The van der Waals surface area contributed by atoms with E-state index in [9.17, 15) is 9.18 Å². The zero-order chi connectivity index (χ0) is 18.1. The van der Waals surface area contributed by atoms with Crippen LogP contribution in [0.25, 0.3) is 22.0 Å². The number of carbonyl (C=O) groups excluding carboxylic acids is 1. The molecule has 4 nitrogen and oxygen atoms in total. The Kier molecular flexibility index (Phi) is 3.79. The van der Waals surface area contributed by atoms with Crippen LogP contribution in [0.2, 0.25) is 0 Å². The quantitative estimate of drug-likeness (QED) is 0.543. The molecule has 0 N–H and O–H groups in total. The lowest BCUT2D eigenvalue weighted by molar-refractivity contribution is 0.0961. The zero-order valence-corrected chi connectivity index (χ0v) is 13.6. The maximum atomic E-state index is 14.0. The molecule has 0 spiro atoms. The molecular formula is C21H12FN3O. The first kappa shape index (κ1) is 15.7. The van der Waals surface area contributed by atoms with Crippen molar-refractivity contribution in [3.8, 4) is 17.2 Å². The molecule has 0 aliphatic rings. The van der Waals surface area contributed by atoms with Gasteiger partial charge in [0.1, 0.15) is 5.82 Å². The largest absolute Gasteiger partial charge is 0.281 e. The fourth-order valence-corrected chi connectivity index (χ4v) is 2.95. The van der Waals surface area contributed by atoms with Crippen LogP contribution >= 0.6 is 0 Å². The number of nitriles is 1. The predicted octanol–water partition coefficient (Wildman–Crippen LogP) is 4.40. The van der Waals surface area contributed by atoms with Crippen LogP contribution < -0.4 is 0 Å². The monoisotopic (exact) mass is 341 g/mol. The van der Waals surface area contributed by atoms with Gasteiger partial charge in [-0.2, -0.15) is 5.26 Å². The van der Waals surface area contributed by atoms with Crippen molar-refractivity contribution >= 4 is 16.8 Å². The first-order valence-corrected chi connectivity index (χ1v) is 7.94. The van der Waals surface area contributed by atoms with E-state index >= 15 is 0 Å². The number of hydrogen-bond donors (Lipinski definition) is 0. The van der Waals surface area contributed by atoms with Gasteiger partial charge in [0.05, 0.1) is 28.9 Å². The van der Waals surface area contributed by atoms with Gasteiger partial charge >= 0.3 is 0 Å². The van der Waals surface area contributed by atoms with Crippen LogP contribution in [0.15, 0.2) is 73.2 Å². The van der Waals surface area contributed by atoms with Crippen LogP contribution in [0, 0.1) is 17.1 Å². The lowest BCUT2D eigenvalue weighted by Gasteiger charge is -2.07. The fourth-order valence-electron chi connectivity index (χ4n) is 2.95. The number of benzene rings is 2. The third kappa shape index (κ3) is 2.54. The molecule has 0 radical (unpaired) electrons. The van der Waals surface area contributed by atoms with E-state index in [1.54, 1.807) is 42.9 Å². The molecule has 0 aliphatic heterocycles. The van der Waals surface area contributed by atoms with Crippen LogP contribution in [-0.2, 0) is 0 Å². The minimum absolute atomic E-state index is 0.00813. The van der Waals surface area contributed by atoms with Gasteiger partial charge in [-0.05, 0) is 35.9 Å². The SMILES string of the molecule is N#Cc1ccc(-c2cncc3c2ccn3C(=O)c2ccccc2F)cc1. The van der Waals surface area contributed by atoms with Crippen LogP contribution in [0.4, 0.5) is 4.39 Å². The van der Waals surface area contributed by atoms with E-state index in [1.807, 2.05) is 18.2 Å². The second-order valence-electron chi connectivity index (χ2n) is 5.78. The molecule has 0 unspecified atom stereocenters. The summed E-state index contributed by atoms with van der Waals surface area (Å²) >= 11 is 0. The highest BCUT2D eigenvalue weighted by atomic mass is 19.1. The number of halogens is 1. The van der Waals surface area contributed by atoms with Crippen LogP contribution in [0.5, 0.6) is 0 Å². The lowest BCUT2D eigenvalue weighted by atomic mass is 10.0. The van der Waals surface area contributed by atoms with Gasteiger partial charge in [-0.15, -0.1) is 0 Å². The van der Waals surface area contributed by atoms with Crippen molar-refractivity contribution in [2.24, 2.45) is 0 Å². The molecule has 2 aromatic heterocycles. The van der Waals surface area contributed by atoms with Crippen LogP contribution in [0.3, 0.4) is 0 Å². The number of pyridine rings is 1. The molecule has 0 fully saturated rings. The van der Waals surface area contributed by atoms with Gasteiger partial charge in [-0.3, -0.25) is 14.3 Å². The highest BCUT2D eigenvalue weighted by Crippen LogP contribution is 2.29. The average molecular weight is 341 g/mol. The Morgan fingerprint density at radius 3 is 2.54 bits per heavy atom. The van der Waals surface area contributed by atoms with E-state index in [0.717, 1.165) is 16.5 Å². The average Bonchev–Trinajstić information content (AvgIpc) is 3.12. The third-order valence-electron chi connectivity index (χ3n) is 4.26. The Hall–Kier alpha value is -3.78. The zero-order valence-electron chi connectivity index (χ0n) is 13.6. The third-order valence-corrected chi connectivity index (χ3v) is 4.26. The van der Waals surface area contributed by atoms with Gasteiger partial charge < -0.3 is 0 Å². The summed E-state index contributed by atoms with van der Waals surface area (Å²) in [7, 11) is 0. The smallest absolute Gasteiger partial charge is 0.265 e. The van der Waals surface area contributed by atoms with Crippen LogP contribution in [0.1, 0.15) is 15.9 Å². The van der Waals surface area contributed by atoms with Crippen molar-refractivity contribution in [3.63, 3.8) is 0 Å². The second kappa shape index (κ2) is 6.26.